The maximum Gasteiger partial charge on any atom is 0.265 e. The first kappa shape index (κ1) is 21.4. The summed E-state index contributed by atoms with van der Waals surface area (Å²) in [5, 5.41) is 3.86. The number of carbonyl (C=O) groups is 1. The van der Waals surface area contributed by atoms with Gasteiger partial charge in [0.15, 0.2) is 0 Å². The van der Waals surface area contributed by atoms with Crippen LogP contribution < -0.4 is 16.0 Å². The summed E-state index contributed by atoms with van der Waals surface area (Å²) in [6.07, 6.45) is 0.236. The van der Waals surface area contributed by atoms with E-state index < -0.39 is 6.43 Å². The number of nitrogens with zero attached hydrogens (tertiary/aromatic N) is 2. The third kappa shape index (κ3) is 5.01. The number of rotatable bonds is 6. The first-order chi connectivity index (χ1) is 13.7. The lowest BCUT2D eigenvalue weighted by Crippen LogP contribution is -2.51. The maximum absolute atomic E-state index is 13.4. The molecule has 7 heteroatoms. The van der Waals surface area contributed by atoms with Crippen molar-refractivity contribution in [2.24, 2.45) is 17.1 Å². The van der Waals surface area contributed by atoms with Gasteiger partial charge in [-0.3, -0.25) is 9.78 Å². The lowest BCUT2D eigenvalue weighted by molar-refractivity contribution is -0.123. The molecule has 1 amide bonds. The van der Waals surface area contributed by atoms with Gasteiger partial charge in [0.05, 0.1) is 5.52 Å². The van der Waals surface area contributed by atoms with Crippen LogP contribution in [0.15, 0.2) is 30.5 Å². The van der Waals surface area contributed by atoms with Crippen LogP contribution in [0.3, 0.4) is 0 Å². The fourth-order valence-electron chi connectivity index (χ4n) is 4.07. The van der Waals surface area contributed by atoms with Crippen molar-refractivity contribution in [2.45, 2.75) is 46.1 Å². The number of fused-ring (bicyclic) bond motifs is 1. The second-order valence-electron chi connectivity index (χ2n) is 8.93. The molecule has 0 saturated carbocycles. The monoisotopic (exact) mass is 404 g/mol. The van der Waals surface area contributed by atoms with Crippen LogP contribution >= 0.6 is 0 Å². The van der Waals surface area contributed by atoms with Crippen LogP contribution in [-0.2, 0) is 4.79 Å². The highest BCUT2D eigenvalue weighted by Gasteiger charge is 2.29. The Hall–Kier alpha value is -2.28. The van der Waals surface area contributed by atoms with Crippen LogP contribution in [0.4, 0.5) is 14.5 Å². The number of anilines is 1. The predicted molar refractivity (Wildman–Crippen MR) is 112 cm³/mol. The first-order valence-electron chi connectivity index (χ1n) is 10.1. The van der Waals surface area contributed by atoms with E-state index in [1.54, 1.807) is 18.3 Å². The summed E-state index contributed by atoms with van der Waals surface area (Å²) in [6.45, 7) is 7.99. The van der Waals surface area contributed by atoms with Crippen LogP contribution in [-0.4, -0.2) is 36.6 Å². The smallest absolute Gasteiger partial charge is 0.265 e. The van der Waals surface area contributed by atoms with E-state index in [2.05, 4.69) is 22.1 Å². The molecule has 0 aliphatic carbocycles. The van der Waals surface area contributed by atoms with Crippen molar-refractivity contribution in [2.75, 3.05) is 24.5 Å². The second kappa shape index (κ2) is 8.61. The highest BCUT2D eigenvalue weighted by atomic mass is 19.3. The molecule has 5 nitrogen and oxygen atoms in total. The van der Waals surface area contributed by atoms with Gasteiger partial charge in [0, 0.05) is 48.4 Å². The van der Waals surface area contributed by atoms with Crippen LogP contribution in [0.5, 0.6) is 0 Å². The topological polar surface area (TPSA) is 71.2 Å². The summed E-state index contributed by atoms with van der Waals surface area (Å²) in [5.74, 6) is 0.358. The Morgan fingerprint density at radius 1 is 1.34 bits per heavy atom. The van der Waals surface area contributed by atoms with E-state index in [1.165, 1.54) is 6.07 Å². The van der Waals surface area contributed by atoms with Gasteiger partial charge < -0.3 is 16.0 Å². The third-order valence-corrected chi connectivity index (χ3v) is 5.57. The Morgan fingerprint density at radius 2 is 2.10 bits per heavy atom. The van der Waals surface area contributed by atoms with Crippen molar-refractivity contribution in [3.8, 4) is 0 Å². The van der Waals surface area contributed by atoms with Gasteiger partial charge in [-0.1, -0.05) is 20.8 Å². The standard InChI is InChI=1S/C22H30F2N4O/c1-14-9-15(27-19(29)10-22(2,3)13-25)12-28(11-14)18-7-6-17(21(23)24)20-16(18)5-4-8-26-20/h4-8,14-15,21H,9-13,25H2,1-3H3,(H,27,29)/t14-,15+/m0/s1. The number of hydrogen-bond acceptors (Lipinski definition) is 4. The number of aromatic nitrogens is 1. The van der Waals surface area contributed by atoms with Crippen molar-refractivity contribution in [1.29, 1.82) is 0 Å². The Balaban J connectivity index is 1.83. The van der Waals surface area contributed by atoms with E-state index in [4.69, 9.17) is 5.73 Å². The van der Waals surface area contributed by atoms with Gasteiger partial charge >= 0.3 is 0 Å². The van der Waals surface area contributed by atoms with Gasteiger partial charge in [-0.05, 0) is 48.6 Å². The zero-order valence-electron chi connectivity index (χ0n) is 17.3. The molecular weight excluding hydrogens is 374 g/mol. The summed E-state index contributed by atoms with van der Waals surface area (Å²) >= 11 is 0. The van der Waals surface area contributed by atoms with Gasteiger partial charge in [-0.25, -0.2) is 8.78 Å². The zero-order chi connectivity index (χ0) is 21.2. The molecule has 0 spiro atoms. The summed E-state index contributed by atoms with van der Waals surface area (Å²) in [4.78, 5) is 18.9. The molecule has 1 aliphatic rings. The highest BCUT2D eigenvalue weighted by molar-refractivity contribution is 5.94. The average Bonchev–Trinajstić information content (AvgIpc) is 2.66. The van der Waals surface area contributed by atoms with Crippen molar-refractivity contribution in [1.82, 2.24) is 10.3 Å². The first-order valence-corrected chi connectivity index (χ1v) is 10.1. The van der Waals surface area contributed by atoms with E-state index in [9.17, 15) is 13.6 Å². The van der Waals surface area contributed by atoms with Gasteiger partial charge in [0.2, 0.25) is 5.91 Å². The fourth-order valence-corrected chi connectivity index (χ4v) is 4.07. The van der Waals surface area contributed by atoms with Crippen LogP contribution in [0.25, 0.3) is 10.9 Å². The molecule has 3 rings (SSSR count). The third-order valence-electron chi connectivity index (χ3n) is 5.57. The molecule has 1 fully saturated rings. The van der Waals surface area contributed by atoms with E-state index in [0.717, 1.165) is 18.7 Å². The highest BCUT2D eigenvalue weighted by Crippen LogP contribution is 2.34. The number of alkyl halides is 2. The fraction of sp³-hybridized carbons (Fsp3) is 0.545. The molecule has 2 aromatic rings. The number of nitrogens with two attached hydrogens (primary N) is 1. The minimum atomic E-state index is -2.57. The van der Waals surface area contributed by atoms with E-state index in [1.807, 2.05) is 19.9 Å². The SMILES string of the molecule is C[C@H]1C[C@@H](NC(=O)CC(C)(C)CN)CN(c2ccc(C(F)F)c3ncccc23)C1. The average molecular weight is 405 g/mol. The molecule has 158 valence electrons. The normalized spacial score (nSPS) is 20.3. The van der Waals surface area contributed by atoms with Gasteiger partial charge in [0.25, 0.3) is 6.43 Å². The molecule has 3 N–H and O–H groups in total. The van der Waals surface area contributed by atoms with Gasteiger partial charge in [-0.2, -0.15) is 0 Å². The van der Waals surface area contributed by atoms with Crippen LogP contribution in [0, 0.1) is 11.3 Å². The molecule has 0 bridgehead atoms. The summed E-state index contributed by atoms with van der Waals surface area (Å²) in [7, 11) is 0. The molecular formula is C22H30F2N4O. The van der Waals surface area contributed by atoms with Crippen molar-refractivity contribution in [3.63, 3.8) is 0 Å². The van der Waals surface area contributed by atoms with E-state index in [-0.39, 0.29) is 22.9 Å². The Morgan fingerprint density at radius 3 is 2.79 bits per heavy atom. The number of pyridine rings is 1. The number of halogens is 2. The van der Waals surface area contributed by atoms with Crippen molar-refractivity contribution in [3.05, 3.63) is 36.0 Å². The molecule has 0 radical (unpaired) electrons. The molecule has 1 aliphatic heterocycles. The van der Waals surface area contributed by atoms with Crippen LogP contribution in [0.1, 0.15) is 45.6 Å². The Kier molecular flexibility index (Phi) is 6.36. The lowest BCUT2D eigenvalue weighted by Gasteiger charge is -2.39. The predicted octanol–water partition coefficient (Wildman–Crippen LogP) is 3.88. The molecule has 0 unspecified atom stereocenters. The number of nitrogens with one attached hydrogen (secondary N) is 1. The Bertz CT molecular complexity index is 871. The number of carbonyl (C=O) groups excluding carboxylic acids is 1. The second-order valence-corrected chi connectivity index (χ2v) is 8.93. The quantitative estimate of drug-likeness (QED) is 0.767. The molecule has 1 saturated heterocycles. The largest absolute Gasteiger partial charge is 0.369 e. The molecule has 2 atom stereocenters. The van der Waals surface area contributed by atoms with E-state index in [0.29, 0.717) is 36.3 Å². The Labute approximate surface area is 170 Å². The minimum Gasteiger partial charge on any atom is -0.369 e. The van der Waals surface area contributed by atoms with Gasteiger partial charge in [-0.15, -0.1) is 0 Å². The zero-order valence-corrected chi connectivity index (χ0v) is 17.3. The summed E-state index contributed by atoms with van der Waals surface area (Å²) < 4.78 is 26.8. The minimum absolute atomic E-state index is 0.000858. The van der Waals surface area contributed by atoms with Crippen molar-refractivity contribution < 1.29 is 13.6 Å². The van der Waals surface area contributed by atoms with E-state index >= 15 is 0 Å². The molecule has 1 aromatic carbocycles. The number of piperidine rings is 1. The van der Waals surface area contributed by atoms with Crippen LogP contribution in [0.2, 0.25) is 0 Å². The maximum atomic E-state index is 13.4. The number of benzene rings is 1. The molecule has 2 heterocycles. The number of amides is 1. The summed E-state index contributed by atoms with van der Waals surface area (Å²) in [6, 6.07) is 6.82. The molecule has 29 heavy (non-hydrogen) atoms. The lowest BCUT2D eigenvalue weighted by atomic mass is 9.88. The molecule has 1 aromatic heterocycles. The number of hydrogen-bond donors (Lipinski definition) is 2. The summed E-state index contributed by atoms with van der Waals surface area (Å²) in [5.41, 5.74) is 6.67. The van der Waals surface area contributed by atoms with Crippen molar-refractivity contribution >= 4 is 22.5 Å². The van der Waals surface area contributed by atoms with Gasteiger partial charge in [0.1, 0.15) is 0 Å².